The number of likely N-dealkylation sites (N-methyl/N-ethyl adjacent to an activating group) is 1. The Morgan fingerprint density at radius 1 is 1.43 bits per heavy atom. The fourth-order valence-electron chi connectivity index (χ4n) is 2.03. The predicted octanol–water partition coefficient (Wildman–Crippen LogP) is 1.80. The van der Waals surface area contributed by atoms with Gasteiger partial charge in [0.25, 0.3) is 5.91 Å². The zero-order chi connectivity index (χ0) is 15.9. The fraction of sp³-hybridized carbons (Fsp3) is 0.471. The normalized spacial score (nSPS) is 13.0. The van der Waals surface area contributed by atoms with Crippen LogP contribution in [0.5, 0.6) is 0 Å². The first-order chi connectivity index (χ1) is 9.98. The van der Waals surface area contributed by atoms with Crippen LogP contribution in [0.4, 0.5) is 0 Å². The smallest absolute Gasteiger partial charge is 0.254 e. The van der Waals surface area contributed by atoms with E-state index in [1.807, 2.05) is 31.2 Å². The van der Waals surface area contributed by atoms with Gasteiger partial charge in [0.2, 0.25) is 0 Å². The molecule has 0 aromatic heterocycles. The number of aliphatic hydroxyl groups is 1. The van der Waals surface area contributed by atoms with Crippen molar-refractivity contribution in [2.24, 2.45) is 0 Å². The number of carbonyl (C=O) groups excluding carboxylic acids is 1. The van der Waals surface area contributed by atoms with Crippen LogP contribution in [-0.4, -0.2) is 42.3 Å². The molecule has 0 saturated heterocycles. The molecule has 1 rings (SSSR count). The van der Waals surface area contributed by atoms with E-state index in [2.05, 4.69) is 11.8 Å². The fourth-order valence-corrected chi connectivity index (χ4v) is 2.03. The van der Waals surface area contributed by atoms with Crippen molar-refractivity contribution in [3.05, 3.63) is 35.4 Å². The van der Waals surface area contributed by atoms with Crippen LogP contribution in [0.3, 0.4) is 0 Å². The molecule has 0 aliphatic rings. The molecule has 0 heterocycles. The standard InChI is InChI=1S/C17H23NO3/c1-5-17(2,21-4)16(20)18(3)13-15-10-7-6-9-14(15)11-8-12-19/h6-7,9-10,19H,5,12-13H2,1-4H3. The van der Waals surface area contributed by atoms with E-state index >= 15 is 0 Å². The Morgan fingerprint density at radius 2 is 2.10 bits per heavy atom. The van der Waals surface area contributed by atoms with E-state index in [4.69, 9.17) is 9.84 Å². The molecule has 0 radical (unpaired) electrons. The van der Waals surface area contributed by atoms with Crippen LogP contribution in [0.2, 0.25) is 0 Å². The lowest BCUT2D eigenvalue weighted by molar-refractivity contribution is -0.152. The maximum atomic E-state index is 12.5. The van der Waals surface area contributed by atoms with Crippen LogP contribution in [0.25, 0.3) is 0 Å². The van der Waals surface area contributed by atoms with Gasteiger partial charge < -0.3 is 14.7 Å². The zero-order valence-corrected chi connectivity index (χ0v) is 13.1. The number of aliphatic hydroxyl groups excluding tert-OH is 1. The third-order valence-electron chi connectivity index (χ3n) is 3.65. The van der Waals surface area contributed by atoms with Gasteiger partial charge in [-0.2, -0.15) is 0 Å². The van der Waals surface area contributed by atoms with Crippen LogP contribution in [0, 0.1) is 11.8 Å². The monoisotopic (exact) mass is 289 g/mol. The number of amides is 1. The van der Waals surface area contributed by atoms with Gasteiger partial charge in [0.1, 0.15) is 12.2 Å². The van der Waals surface area contributed by atoms with Crippen molar-refractivity contribution >= 4 is 5.91 Å². The van der Waals surface area contributed by atoms with E-state index < -0.39 is 5.60 Å². The largest absolute Gasteiger partial charge is 0.384 e. The number of ether oxygens (including phenoxy) is 1. The summed E-state index contributed by atoms with van der Waals surface area (Å²) in [6.07, 6.45) is 0.610. The summed E-state index contributed by atoms with van der Waals surface area (Å²) in [7, 11) is 3.31. The molecule has 0 aliphatic carbocycles. The Balaban J connectivity index is 2.93. The van der Waals surface area contributed by atoms with Gasteiger partial charge in [-0.05, 0) is 25.0 Å². The van der Waals surface area contributed by atoms with E-state index in [-0.39, 0.29) is 12.5 Å². The third kappa shape index (κ3) is 4.32. The Hall–Kier alpha value is -1.83. The molecular weight excluding hydrogens is 266 g/mol. The third-order valence-corrected chi connectivity index (χ3v) is 3.65. The highest BCUT2D eigenvalue weighted by atomic mass is 16.5. The average molecular weight is 289 g/mol. The summed E-state index contributed by atoms with van der Waals surface area (Å²) in [5.41, 5.74) is 0.964. The van der Waals surface area contributed by atoms with E-state index in [0.717, 1.165) is 11.1 Å². The molecule has 1 amide bonds. The van der Waals surface area contributed by atoms with Gasteiger partial charge in [-0.15, -0.1) is 0 Å². The number of methoxy groups -OCH3 is 1. The van der Waals surface area contributed by atoms with Gasteiger partial charge in [0.15, 0.2) is 0 Å². The summed E-state index contributed by atoms with van der Waals surface area (Å²) in [6, 6.07) is 7.61. The highest BCUT2D eigenvalue weighted by Gasteiger charge is 2.33. The molecular formula is C17H23NO3. The molecule has 4 nitrogen and oxygen atoms in total. The molecule has 1 aromatic rings. The molecule has 0 saturated carbocycles. The topological polar surface area (TPSA) is 49.8 Å². The molecule has 0 aliphatic heterocycles. The van der Waals surface area contributed by atoms with Crippen LogP contribution in [0.15, 0.2) is 24.3 Å². The molecule has 1 N–H and O–H groups in total. The summed E-state index contributed by atoms with van der Waals surface area (Å²) >= 11 is 0. The molecule has 1 aromatic carbocycles. The second-order valence-corrected chi connectivity index (χ2v) is 5.07. The highest BCUT2D eigenvalue weighted by molar-refractivity contribution is 5.84. The number of benzene rings is 1. The molecule has 1 unspecified atom stereocenters. The molecule has 1 atom stereocenters. The first-order valence-corrected chi connectivity index (χ1v) is 6.96. The van der Waals surface area contributed by atoms with Crippen LogP contribution in [0.1, 0.15) is 31.4 Å². The van der Waals surface area contributed by atoms with Crippen LogP contribution >= 0.6 is 0 Å². The lowest BCUT2D eigenvalue weighted by Gasteiger charge is -2.30. The number of carbonyl (C=O) groups is 1. The van der Waals surface area contributed by atoms with Crippen molar-refractivity contribution in [1.82, 2.24) is 4.90 Å². The Bertz CT molecular complexity index is 538. The van der Waals surface area contributed by atoms with Gasteiger partial charge >= 0.3 is 0 Å². The lowest BCUT2D eigenvalue weighted by Crippen LogP contribution is -2.46. The summed E-state index contributed by atoms with van der Waals surface area (Å²) in [5.74, 6) is 5.48. The zero-order valence-electron chi connectivity index (χ0n) is 13.1. The lowest BCUT2D eigenvalue weighted by atomic mass is 10.0. The van der Waals surface area contributed by atoms with E-state index in [1.54, 1.807) is 26.0 Å². The van der Waals surface area contributed by atoms with Crippen molar-refractivity contribution in [2.45, 2.75) is 32.4 Å². The SMILES string of the molecule is CCC(C)(OC)C(=O)N(C)Cc1ccccc1C#CCO. The number of rotatable bonds is 5. The summed E-state index contributed by atoms with van der Waals surface area (Å²) in [4.78, 5) is 14.1. The van der Waals surface area contributed by atoms with Gasteiger partial charge in [-0.1, -0.05) is 37.0 Å². The maximum absolute atomic E-state index is 12.5. The Labute approximate surface area is 126 Å². The second kappa shape index (κ2) is 7.82. The van der Waals surface area contributed by atoms with Crippen molar-refractivity contribution in [1.29, 1.82) is 0 Å². The molecule has 0 bridgehead atoms. The molecule has 4 heteroatoms. The van der Waals surface area contributed by atoms with Crippen LogP contribution < -0.4 is 0 Å². The van der Waals surface area contributed by atoms with E-state index in [0.29, 0.717) is 13.0 Å². The minimum atomic E-state index is -0.805. The molecule has 21 heavy (non-hydrogen) atoms. The van der Waals surface area contributed by atoms with Gasteiger partial charge in [-0.25, -0.2) is 0 Å². The van der Waals surface area contributed by atoms with Crippen molar-refractivity contribution in [2.75, 3.05) is 20.8 Å². The van der Waals surface area contributed by atoms with Gasteiger partial charge in [-0.3, -0.25) is 4.79 Å². The minimum Gasteiger partial charge on any atom is -0.384 e. The Kier molecular flexibility index (Phi) is 6.41. The van der Waals surface area contributed by atoms with Crippen molar-refractivity contribution in [3.63, 3.8) is 0 Å². The predicted molar refractivity (Wildman–Crippen MR) is 82.6 cm³/mol. The quantitative estimate of drug-likeness (QED) is 0.841. The van der Waals surface area contributed by atoms with Crippen molar-refractivity contribution in [3.8, 4) is 11.8 Å². The van der Waals surface area contributed by atoms with Gasteiger partial charge in [0, 0.05) is 26.3 Å². The van der Waals surface area contributed by atoms with Crippen LogP contribution in [-0.2, 0) is 16.1 Å². The first-order valence-electron chi connectivity index (χ1n) is 6.96. The molecule has 114 valence electrons. The van der Waals surface area contributed by atoms with E-state index in [9.17, 15) is 4.79 Å². The Morgan fingerprint density at radius 3 is 2.67 bits per heavy atom. The van der Waals surface area contributed by atoms with Gasteiger partial charge in [0.05, 0.1) is 0 Å². The summed E-state index contributed by atoms with van der Waals surface area (Å²) in [6.45, 7) is 3.99. The number of hydrogen-bond acceptors (Lipinski definition) is 3. The second-order valence-electron chi connectivity index (χ2n) is 5.07. The average Bonchev–Trinajstić information content (AvgIpc) is 2.52. The maximum Gasteiger partial charge on any atom is 0.254 e. The van der Waals surface area contributed by atoms with E-state index in [1.165, 1.54) is 0 Å². The summed E-state index contributed by atoms with van der Waals surface area (Å²) < 4.78 is 5.35. The first kappa shape index (κ1) is 17.2. The molecule has 0 fully saturated rings. The van der Waals surface area contributed by atoms with Crippen molar-refractivity contribution < 1.29 is 14.6 Å². The summed E-state index contributed by atoms with van der Waals surface area (Å²) in [5, 5.41) is 8.80. The minimum absolute atomic E-state index is 0.0579. The number of nitrogens with zero attached hydrogens (tertiary/aromatic N) is 1. The number of hydrogen-bond donors (Lipinski definition) is 1. The molecule has 0 spiro atoms. The highest BCUT2D eigenvalue weighted by Crippen LogP contribution is 2.19.